The van der Waals surface area contributed by atoms with Crippen LogP contribution >= 0.6 is 11.3 Å². The van der Waals surface area contributed by atoms with Gasteiger partial charge in [0.25, 0.3) is 0 Å². The molecule has 18 heavy (non-hydrogen) atoms. The molecule has 2 aromatic heterocycles. The minimum atomic E-state index is -0.910. The smallest absolute Gasteiger partial charge is 0.352 e. The van der Waals surface area contributed by atoms with E-state index in [0.29, 0.717) is 12.2 Å². The lowest BCUT2D eigenvalue weighted by Gasteiger charge is -2.14. The van der Waals surface area contributed by atoms with Gasteiger partial charge < -0.3 is 9.67 Å². The number of carboxylic acid groups (broad SMARTS) is 1. The minimum Gasteiger partial charge on any atom is -0.477 e. The summed E-state index contributed by atoms with van der Waals surface area (Å²) in [5.74, 6) is -0.910. The van der Waals surface area contributed by atoms with Crippen molar-refractivity contribution in [2.24, 2.45) is 0 Å². The Morgan fingerprint density at radius 1 is 1.50 bits per heavy atom. The lowest BCUT2D eigenvalue weighted by molar-refractivity contribution is 0.0685. The zero-order valence-corrected chi connectivity index (χ0v) is 11.5. The SMILES string of the molecule is CC(C)(C)c1csc(Cn2cccc2C(=O)O)n1. The van der Waals surface area contributed by atoms with Crippen LogP contribution in [0.25, 0.3) is 0 Å². The molecular formula is C13H16N2O2S. The van der Waals surface area contributed by atoms with Gasteiger partial charge in [-0.3, -0.25) is 0 Å². The monoisotopic (exact) mass is 264 g/mol. The van der Waals surface area contributed by atoms with Gasteiger partial charge >= 0.3 is 5.97 Å². The Balaban J connectivity index is 2.22. The fourth-order valence-corrected chi connectivity index (χ4v) is 2.64. The average Bonchev–Trinajstić information content (AvgIpc) is 2.85. The molecule has 96 valence electrons. The first-order chi connectivity index (χ1) is 8.38. The first-order valence-corrected chi connectivity index (χ1v) is 6.59. The Labute approximate surface area is 110 Å². The summed E-state index contributed by atoms with van der Waals surface area (Å²) >= 11 is 1.57. The standard InChI is InChI=1S/C13H16N2O2S/c1-13(2,3)10-8-18-11(14-10)7-15-6-4-5-9(15)12(16)17/h4-6,8H,7H2,1-3H3,(H,16,17). The molecule has 0 aromatic carbocycles. The van der Waals surface area contributed by atoms with Crippen LogP contribution in [0.3, 0.4) is 0 Å². The molecule has 0 aliphatic heterocycles. The topological polar surface area (TPSA) is 55.1 Å². The fourth-order valence-electron chi connectivity index (χ4n) is 1.62. The third-order valence-electron chi connectivity index (χ3n) is 2.67. The number of hydrogen-bond donors (Lipinski definition) is 1. The molecule has 0 atom stereocenters. The second kappa shape index (κ2) is 4.57. The molecule has 2 aromatic rings. The maximum atomic E-state index is 11.0. The Morgan fingerprint density at radius 3 is 2.78 bits per heavy atom. The summed E-state index contributed by atoms with van der Waals surface area (Å²) in [6.45, 7) is 6.86. The molecule has 0 bridgehead atoms. The van der Waals surface area contributed by atoms with Crippen LogP contribution in [0.2, 0.25) is 0 Å². The van der Waals surface area contributed by atoms with Gasteiger partial charge in [-0.2, -0.15) is 0 Å². The maximum Gasteiger partial charge on any atom is 0.352 e. The van der Waals surface area contributed by atoms with E-state index in [9.17, 15) is 4.79 Å². The maximum absolute atomic E-state index is 11.0. The molecule has 0 spiro atoms. The van der Waals surface area contributed by atoms with Gasteiger partial charge in [-0.15, -0.1) is 11.3 Å². The van der Waals surface area contributed by atoms with Gasteiger partial charge in [0.2, 0.25) is 0 Å². The molecule has 0 amide bonds. The van der Waals surface area contributed by atoms with E-state index in [4.69, 9.17) is 5.11 Å². The number of carbonyl (C=O) groups is 1. The van der Waals surface area contributed by atoms with Crippen molar-refractivity contribution in [3.8, 4) is 0 Å². The Hall–Kier alpha value is -1.62. The van der Waals surface area contributed by atoms with Gasteiger partial charge in [-0.05, 0) is 12.1 Å². The second-order valence-corrected chi connectivity index (χ2v) is 6.15. The quantitative estimate of drug-likeness (QED) is 0.927. The van der Waals surface area contributed by atoms with E-state index in [1.165, 1.54) is 0 Å². The van der Waals surface area contributed by atoms with Crippen molar-refractivity contribution in [3.05, 3.63) is 40.1 Å². The molecule has 2 rings (SSSR count). The van der Waals surface area contributed by atoms with Crippen LogP contribution in [-0.2, 0) is 12.0 Å². The number of nitrogens with zero attached hydrogens (tertiary/aromatic N) is 2. The van der Waals surface area contributed by atoms with Crippen LogP contribution in [0, 0.1) is 0 Å². The van der Waals surface area contributed by atoms with Gasteiger partial charge in [0, 0.05) is 17.0 Å². The predicted molar refractivity (Wildman–Crippen MR) is 71.3 cm³/mol. The van der Waals surface area contributed by atoms with Gasteiger partial charge in [0.15, 0.2) is 0 Å². The van der Waals surface area contributed by atoms with Crippen LogP contribution in [-0.4, -0.2) is 20.6 Å². The number of aromatic carboxylic acids is 1. The molecule has 0 aliphatic carbocycles. The summed E-state index contributed by atoms with van der Waals surface area (Å²) in [6.07, 6.45) is 1.77. The third-order valence-corrected chi connectivity index (χ3v) is 3.51. The Bertz CT molecular complexity index is 564. The average molecular weight is 264 g/mol. The van der Waals surface area contributed by atoms with Crippen molar-refractivity contribution in [1.29, 1.82) is 0 Å². The van der Waals surface area contributed by atoms with Crippen molar-refractivity contribution in [1.82, 2.24) is 9.55 Å². The minimum absolute atomic E-state index is 0.0288. The first-order valence-electron chi connectivity index (χ1n) is 5.71. The summed E-state index contributed by atoms with van der Waals surface area (Å²) in [7, 11) is 0. The zero-order chi connectivity index (χ0) is 13.3. The molecule has 0 aliphatic rings. The lowest BCUT2D eigenvalue weighted by atomic mass is 9.93. The molecule has 5 heteroatoms. The normalized spacial score (nSPS) is 11.7. The highest BCUT2D eigenvalue weighted by molar-refractivity contribution is 7.09. The van der Waals surface area contributed by atoms with Gasteiger partial charge in [-0.1, -0.05) is 20.8 Å². The summed E-state index contributed by atoms with van der Waals surface area (Å²) in [5, 5.41) is 12.0. The summed E-state index contributed by atoms with van der Waals surface area (Å²) in [5.41, 5.74) is 1.37. The zero-order valence-electron chi connectivity index (χ0n) is 10.7. The van der Waals surface area contributed by atoms with Crippen molar-refractivity contribution >= 4 is 17.3 Å². The van der Waals surface area contributed by atoms with Crippen LogP contribution < -0.4 is 0 Å². The molecule has 0 fully saturated rings. The lowest BCUT2D eigenvalue weighted by Crippen LogP contribution is -2.12. The summed E-state index contributed by atoms with van der Waals surface area (Å²) in [4.78, 5) is 15.6. The van der Waals surface area contributed by atoms with Crippen molar-refractivity contribution in [2.45, 2.75) is 32.7 Å². The molecule has 4 nitrogen and oxygen atoms in total. The van der Waals surface area contributed by atoms with E-state index in [1.807, 2.05) is 5.38 Å². The molecule has 0 saturated carbocycles. The van der Waals surface area contributed by atoms with E-state index in [1.54, 1.807) is 34.2 Å². The van der Waals surface area contributed by atoms with Crippen LogP contribution in [0.5, 0.6) is 0 Å². The number of carboxylic acids is 1. The van der Waals surface area contributed by atoms with E-state index in [0.717, 1.165) is 10.7 Å². The van der Waals surface area contributed by atoms with Crippen LogP contribution in [0.4, 0.5) is 0 Å². The number of aromatic nitrogens is 2. The summed E-state index contributed by atoms with van der Waals surface area (Å²) < 4.78 is 1.70. The molecule has 2 heterocycles. The number of hydrogen-bond acceptors (Lipinski definition) is 3. The Morgan fingerprint density at radius 2 is 2.22 bits per heavy atom. The highest BCUT2D eigenvalue weighted by atomic mass is 32.1. The van der Waals surface area contributed by atoms with Crippen molar-refractivity contribution < 1.29 is 9.90 Å². The summed E-state index contributed by atoms with van der Waals surface area (Å²) in [6, 6.07) is 3.34. The molecule has 0 radical (unpaired) electrons. The van der Waals surface area contributed by atoms with Crippen molar-refractivity contribution in [3.63, 3.8) is 0 Å². The third kappa shape index (κ3) is 2.61. The van der Waals surface area contributed by atoms with Gasteiger partial charge in [0.05, 0.1) is 12.2 Å². The highest BCUT2D eigenvalue weighted by Gasteiger charge is 2.18. The van der Waals surface area contributed by atoms with E-state index < -0.39 is 5.97 Å². The van der Waals surface area contributed by atoms with E-state index in [2.05, 4.69) is 25.8 Å². The van der Waals surface area contributed by atoms with Crippen LogP contribution in [0.15, 0.2) is 23.7 Å². The largest absolute Gasteiger partial charge is 0.477 e. The van der Waals surface area contributed by atoms with Gasteiger partial charge in [-0.25, -0.2) is 9.78 Å². The molecular weight excluding hydrogens is 248 g/mol. The fraction of sp³-hybridized carbons (Fsp3) is 0.385. The Kier molecular flexibility index (Phi) is 3.26. The number of rotatable bonds is 3. The van der Waals surface area contributed by atoms with Gasteiger partial charge in [0.1, 0.15) is 10.7 Å². The molecule has 0 saturated heterocycles. The van der Waals surface area contributed by atoms with E-state index >= 15 is 0 Å². The van der Waals surface area contributed by atoms with Crippen molar-refractivity contribution in [2.75, 3.05) is 0 Å². The number of thiazole rings is 1. The molecule has 1 N–H and O–H groups in total. The van der Waals surface area contributed by atoms with Crippen LogP contribution in [0.1, 0.15) is 42.0 Å². The predicted octanol–water partition coefficient (Wildman–Crippen LogP) is 2.99. The highest BCUT2D eigenvalue weighted by Crippen LogP contribution is 2.24. The molecule has 0 unspecified atom stereocenters. The second-order valence-electron chi connectivity index (χ2n) is 5.20. The van der Waals surface area contributed by atoms with E-state index in [-0.39, 0.29) is 5.41 Å². The first kappa shape index (κ1) is 12.8.